The molecule has 1 amide bonds. The molecule has 1 heterocycles. The van der Waals surface area contributed by atoms with Gasteiger partial charge in [0.05, 0.1) is 6.54 Å². The lowest BCUT2D eigenvalue weighted by Crippen LogP contribution is -2.42. The number of carbonyl (C=O) groups excluding carboxylic acids is 1. The van der Waals surface area contributed by atoms with Gasteiger partial charge in [0.1, 0.15) is 0 Å². The first kappa shape index (κ1) is 14.2. The van der Waals surface area contributed by atoms with Crippen LogP contribution in [0.2, 0.25) is 0 Å². The fourth-order valence-corrected chi connectivity index (χ4v) is 2.05. The summed E-state index contributed by atoms with van der Waals surface area (Å²) in [5.41, 5.74) is 1.04. The Balaban J connectivity index is 2.41. The summed E-state index contributed by atoms with van der Waals surface area (Å²) in [5, 5.41) is 3.35. The van der Waals surface area contributed by atoms with E-state index in [1.54, 1.807) is 0 Å². The summed E-state index contributed by atoms with van der Waals surface area (Å²) in [5.74, 6) is 0.220. The third kappa shape index (κ3) is 5.33. The van der Waals surface area contributed by atoms with Gasteiger partial charge in [-0.3, -0.25) is 9.69 Å². The number of nitrogens with zero attached hydrogens (tertiary/aromatic N) is 2. The van der Waals surface area contributed by atoms with Crippen LogP contribution in [0.4, 0.5) is 0 Å². The molecule has 1 aliphatic heterocycles. The van der Waals surface area contributed by atoms with Gasteiger partial charge in [0.25, 0.3) is 0 Å². The fourth-order valence-electron chi connectivity index (χ4n) is 2.05. The van der Waals surface area contributed by atoms with Crippen molar-refractivity contribution >= 4 is 5.91 Å². The molecule has 1 rings (SSSR count). The van der Waals surface area contributed by atoms with Crippen LogP contribution in [-0.4, -0.2) is 61.5 Å². The zero-order valence-electron chi connectivity index (χ0n) is 11.2. The van der Waals surface area contributed by atoms with E-state index in [1.807, 2.05) is 18.7 Å². The second kappa shape index (κ2) is 7.45. The van der Waals surface area contributed by atoms with Gasteiger partial charge >= 0.3 is 0 Å². The molecule has 1 N–H and O–H groups in total. The van der Waals surface area contributed by atoms with Crippen molar-refractivity contribution < 1.29 is 4.79 Å². The number of amides is 1. The molecule has 0 aliphatic carbocycles. The van der Waals surface area contributed by atoms with E-state index in [4.69, 9.17) is 0 Å². The first-order valence-electron chi connectivity index (χ1n) is 6.48. The minimum Gasteiger partial charge on any atom is -0.338 e. The van der Waals surface area contributed by atoms with Crippen molar-refractivity contribution in [2.24, 2.45) is 0 Å². The van der Waals surface area contributed by atoms with Crippen LogP contribution in [0.15, 0.2) is 12.2 Å². The van der Waals surface area contributed by atoms with Crippen molar-refractivity contribution in [1.29, 1.82) is 0 Å². The van der Waals surface area contributed by atoms with Gasteiger partial charge in [0.2, 0.25) is 5.91 Å². The van der Waals surface area contributed by atoms with E-state index in [9.17, 15) is 4.79 Å². The maximum absolute atomic E-state index is 12.1. The average molecular weight is 239 g/mol. The largest absolute Gasteiger partial charge is 0.338 e. The molecule has 0 aromatic rings. The molecule has 0 aromatic heterocycles. The van der Waals surface area contributed by atoms with Crippen molar-refractivity contribution in [2.75, 3.05) is 45.8 Å². The van der Waals surface area contributed by atoms with Crippen LogP contribution in [0.3, 0.4) is 0 Å². The fraction of sp³-hybridized carbons (Fsp3) is 0.769. The third-order valence-electron chi connectivity index (χ3n) is 2.99. The smallest absolute Gasteiger partial charge is 0.237 e. The molecule has 0 saturated carbocycles. The first-order chi connectivity index (χ1) is 8.13. The maximum Gasteiger partial charge on any atom is 0.237 e. The van der Waals surface area contributed by atoms with E-state index in [0.29, 0.717) is 13.1 Å². The van der Waals surface area contributed by atoms with E-state index in [2.05, 4.69) is 16.8 Å². The lowest BCUT2D eigenvalue weighted by atomic mass is 10.3. The maximum atomic E-state index is 12.1. The Hall–Kier alpha value is -0.870. The van der Waals surface area contributed by atoms with Crippen LogP contribution in [0.25, 0.3) is 0 Å². The molecule has 0 radical (unpaired) electrons. The summed E-state index contributed by atoms with van der Waals surface area (Å²) in [6.45, 7) is 13.9. The number of rotatable bonds is 5. The highest BCUT2D eigenvalue weighted by Gasteiger charge is 2.16. The molecule has 1 aliphatic rings. The number of carbonyl (C=O) groups is 1. The van der Waals surface area contributed by atoms with Crippen LogP contribution in [0.5, 0.6) is 0 Å². The second-order valence-electron chi connectivity index (χ2n) is 4.74. The number of hydrogen-bond donors (Lipinski definition) is 1. The summed E-state index contributed by atoms with van der Waals surface area (Å²) >= 11 is 0. The Morgan fingerprint density at radius 3 is 2.82 bits per heavy atom. The van der Waals surface area contributed by atoms with Crippen molar-refractivity contribution in [2.45, 2.75) is 20.3 Å². The lowest BCUT2D eigenvalue weighted by molar-refractivity contribution is -0.131. The highest BCUT2D eigenvalue weighted by Crippen LogP contribution is 2.01. The van der Waals surface area contributed by atoms with Gasteiger partial charge in [0, 0.05) is 26.2 Å². The zero-order chi connectivity index (χ0) is 12.7. The van der Waals surface area contributed by atoms with Crippen molar-refractivity contribution in [1.82, 2.24) is 15.1 Å². The minimum absolute atomic E-state index is 0.220. The van der Waals surface area contributed by atoms with E-state index in [1.165, 1.54) is 0 Å². The molecule has 0 atom stereocenters. The molecular formula is C13H25N3O. The first-order valence-corrected chi connectivity index (χ1v) is 6.48. The van der Waals surface area contributed by atoms with Crippen LogP contribution < -0.4 is 5.32 Å². The van der Waals surface area contributed by atoms with E-state index in [-0.39, 0.29) is 5.91 Å². The summed E-state index contributed by atoms with van der Waals surface area (Å²) in [7, 11) is 0. The van der Waals surface area contributed by atoms with E-state index >= 15 is 0 Å². The second-order valence-corrected chi connectivity index (χ2v) is 4.74. The van der Waals surface area contributed by atoms with E-state index < -0.39 is 0 Å². The summed E-state index contributed by atoms with van der Waals surface area (Å²) in [6.07, 6.45) is 1.12. The Morgan fingerprint density at radius 1 is 1.41 bits per heavy atom. The molecule has 17 heavy (non-hydrogen) atoms. The molecule has 4 heteroatoms. The summed E-state index contributed by atoms with van der Waals surface area (Å²) < 4.78 is 0. The molecule has 0 bridgehead atoms. The van der Waals surface area contributed by atoms with Gasteiger partial charge in [-0.15, -0.1) is 0 Å². The topological polar surface area (TPSA) is 35.6 Å². The Labute approximate surface area is 105 Å². The van der Waals surface area contributed by atoms with Crippen molar-refractivity contribution in [3.63, 3.8) is 0 Å². The Bertz CT molecular complexity index is 257. The molecular weight excluding hydrogens is 214 g/mol. The normalized spacial score (nSPS) is 17.5. The van der Waals surface area contributed by atoms with Gasteiger partial charge in [0.15, 0.2) is 0 Å². The van der Waals surface area contributed by atoms with Crippen LogP contribution in [-0.2, 0) is 4.79 Å². The van der Waals surface area contributed by atoms with Crippen LogP contribution >= 0.6 is 0 Å². The number of hydrogen-bond acceptors (Lipinski definition) is 3. The quantitative estimate of drug-likeness (QED) is 0.718. The Morgan fingerprint density at radius 2 is 2.18 bits per heavy atom. The van der Waals surface area contributed by atoms with Gasteiger partial charge in [-0.2, -0.15) is 0 Å². The Kier molecular flexibility index (Phi) is 6.22. The van der Waals surface area contributed by atoms with E-state index in [0.717, 1.165) is 44.7 Å². The SMILES string of the molecule is C=C(C)CN(CC)C(=O)CN1CCCNCC1. The zero-order valence-corrected chi connectivity index (χ0v) is 11.2. The predicted molar refractivity (Wildman–Crippen MR) is 71.0 cm³/mol. The molecule has 1 fully saturated rings. The molecule has 0 aromatic carbocycles. The van der Waals surface area contributed by atoms with Crippen LogP contribution in [0, 0.1) is 0 Å². The predicted octanol–water partition coefficient (Wildman–Crippen LogP) is 0.706. The number of likely N-dealkylation sites (N-methyl/N-ethyl adjacent to an activating group) is 1. The molecule has 1 saturated heterocycles. The van der Waals surface area contributed by atoms with Gasteiger partial charge in [-0.1, -0.05) is 12.2 Å². The van der Waals surface area contributed by atoms with Gasteiger partial charge < -0.3 is 10.2 Å². The summed E-state index contributed by atoms with van der Waals surface area (Å²) in [6, 6.07) is 0. The van der Waals surface area contributed by atoms with Crippen molar-refractivity contribution in [3.05, 3.63) is 12.2 Å². The molecule has 4 nitrogen and oxygen atoms in total. The lowest BCUT2D eigenvalue weighted by Gasteiger charge is -2.25. The third-order valence-corrected chi connectivity index (χ3v) is 2.99. The molecule has 98 valence electrons. The van der Waals surface area contributed by atoms with Gasteiger partial charge in [-0.05, 0) is 33.4 Å². The molecule has 0 spiro atoms. The molecule has 0 unspecified atom stereocenters. The highest BCUT2D eigenvalue weighted by molar-refractivity contribution is 5.78. The van der Waals surface area contributed by atoms with Crippen LogP contribution in [0.1, 0.15) is 20.3 Å². The highest BCUT2D eigenvalue weighted by atomic mass is 16.2. The number of nitrogens with one attached hydrogen (secondary N) is 1. The summed E-state index contributed by atoms with van der Waals surface area (Å²) in [4.78, 5) is 16.2. The van der Waals surface area contributed by atoms with Gasteiger partial charge in [-0.25, -0.2) is 0 Å². The average Bonchev–Trinajstić information content (AvgIpc) is 2.54. The minimum atomic E-state index is 0.220. The van der Waals surface area contributed by atoms with Crippen molar-refractivity contribution in [3.8, 4) is 0 Å². The monoisotopic (exact) mass is 239 g/mol. The standard InChI is InChI=1S/C13H25N3O/c1-4-16(10-12(2)3)13(17)11-15-8-5-6-14-7-9-15/h14H,2,4-11H2,1,3H3.